The van der Waals surface area contributed by atoms with Crippen LogP contribution in [-0.4, -0.2) is 81.8 Å². The molecule has 6 rings (SSSR count). The molecule has 2 atom stereocenters. The highest BCUT2D eigenvalue weighted by Gasteiger charge is 2.34. The van der Waals surface area contributed by atoms with Gasteiger partial charge in [-0.15, -0.1) is 5.10 Å². The Bertz CT molecular complexity index is 1800. The van der Waals surface area contributed by atoms with E-state index in [0.29, 0.717) is 42.3 Å². The SMILES string of the molecule is COc1ccc2cc1OCC(=O)N[C@@H]1CN(C(=O)Cc3ccc(-n4nnnc4C)cc3)CC[C@H]1Oc1cc(F)cc(c1)CNC(=O)CC2. The first-order valence-corrected chi connectivity index (χ1v) is 15.7. The molecule has 1 aromatic heterocycles. The minimum absolute atomic E-state index is 0.116. The van der Waals surface area contributed by atoms with E-state index in [1.165, 1.54) is 19.2 Å². The largest absolute Gasteiger partial charge is 0.493 e. The summed E-state index contributed by atoms with van der Waals surface area (Å²) in [6.07, 6.45) is 0.590. The van der Waals surface area contributed by atoms with Crippen molar-refractivity contribution >= 4 is 17.7 Å². The molecule has 0 radical (unpaired) electrons. The number of carbonyl (C=O) groups excluding carboxylic acids is 3. The first kappa shape index (κ1) is 32.4. The average molecular weight is 658 g/mol. The van der Waals surface area contributed by atoms with Gasteiger partial charge in [0, 0.05) is 38.5 Å². The van der Waals surface area contributed by atoms with Gasteiger partial charge in [0.25, 0.3) is 5.91 Å². The predicted molar refractivity (Wildman–Crippen MR) is 170 cm³/mol. The zero-order valence-electron chi connectivity index (χ0n) is 26.6. The van der Waals surface area contributed by atoms with Crippen molar-refractivity contribution < 1.29 is 33.0 Å². The fourth-order valence-electron chi connectivity index (χ4n) is 5.84. The number of likely N-dealkylation sites (tertiary alicyclic amines) is 1. The van der Waals surface area contributed by atoms with Crippen LogP contribution in [-0.2, 0) is 33.8 Å². The number of amides is 3. The summed E-state index contributed by atoms with van der Waals surface area (Å²) in [4.78, 5) is 41.0. The van der Waals surface area contributed by atoms with Crippen molar-refractivity contribution in [1.82, 2.24) is 35.7 Å². The number of aromatic nitrogens is 4. The molecule has 0 aliphatic carbocycles. The summed E-state index contributed by atoms with van der Waals surface area (Å²) in [6.45, 7) is 2.14. The van der Waals surface area contributed by atoms with Crippen LogP contribution in [0.5, 0.6) is 17.2 Å². The van der Waals surface area contributed by atoms with Crippen LogP contribution in [0.4, 0.5) is 4.39 Å². The lowest BCUT2D eigenvalue weighted by atomic mass is 10.00. The number of benzene rings is 3. The van der Waals surface area contributed by atoms with Gasteiger partial charge in [0.2, 0.25) is 11.8 Å². The number of nitrogens with zero attached hydrogens (tertiary/aromatic N) is 5. The van der Waals surface area contributed by atoms with Crippen molar-refractivity contribution in [3.63, 3.8) is 0 Å². The number of ether oxygens (including phenoxy) is 3. The standard InChI is InChI=1S/C34H36FN7O6/c1-21-38-39-40-42(21)26-7-3-23(4-8-26)16-34(45)41-12-11-29-28(19-41)37-33(44)20-47-31-15-22(5-9-30(31)46-2)6-10-32(43)36-18-24-13-25(35)17-27(14-24)48-29/h3-5,7-9,13-15,17,28-29H,6,10-12,16,18-20H2,1-2H3,(H,36,43)(H,37,44)/t28-,29-/m1/s1. The van der Waals surface area contributed by atoms with Crippen LogP contribution in [0.2, 0.25) is 0 Å². The van der Waals surface area contributed by atoms with Gasteiger partial charge in [-0.05, 0) is 76.9 Å². The van der Waals surface area contributed by atoms with E-state index in [0.717, 1.165) is 16.8 Å². The number of halogens is 1. The van der Waals surface area contributed by atoms with E-state index in [9.17, 15) is 18.8 Å². The van der Waals surface area contributed by atoms with Gasteiger partial charge in [-0.3, -0.25) is 14.4 Å². The molecule has 2 aliphatic heterocycles. The zero-order valence-corrected chi connectivity index (χ0v) is 26.6. The summed E-state index contributed by atoms with van der Waals surface area (Å²) < 4.78 is 33.8. The molecule has 3 amide bonds. The lowest BCUT2D eigenvalue weighted by Gasteiger charge is -2.39. The molecule has 2 N–H and O–H groups in total. The van der Waals surface area contributed by atoms with Crippen LogP contribution in [0.3, 0.4) is 0 Å². The molecule has 3 aromatic carbocycles. The fraction of sp³-hybridized carbons (Fsp3) is 0.353. The number of fused-ring (bicyclic) bond motifs is 5. The van der Waals surface area contributed by atoms with Crippen LogP contribution in [0.25, 0.3) is 5.69 Å². The number of piperidine rings is 1. The molecule has 0 unspecified atom stereocenters. The summed E-state index contributed by atoms with van der Waals surface area (Å²) in [5.41, 5.74) is 2.95. The number of hydrogen-bond acceptors (Lipinski definition) is 9. The Morgan fingerprint density at radius 1 is 1.04 bits per heavy atom. The van der Waals surface area contributed by atoms with E-state index in [-0.39, 0.29) is 50.1 Å². The minimum Gasteiger partial charge on any atom is -0.493 e. The van der Waals surface area contributed by atoms with Gasteiger partial charge in [-0.2, -0.15) is 4.68 Å². The van der Waals surface area contributed by atoms with Crippen LogP contribution in [0.1, 0.15) is 35.4 Å². The molecule has 4 aromatic rings. The first-order chi connectivity index (χ1) is 23.2. The van der Waals surface area contributed by atoms with E-state index in [1.807, 2.05) is 30.3 Å². The maximum Gasteiger partial charge on any atom is 0.258 e. The molecule has 48 heavy (non-hydrogen) atoms. The van der Waals surface area contributed by atoms with Crippen LogP contribution in [0, 0.1) is 12.7 Å². The summed E-state index contributed by atoms with van der Waals surface area (Å²) in [5, 5.41) is 17.4. The Labute approximate surface area is 276 Å². The molecular formula is C34H36FN7O6. The molecular weight excluding hydrogens is 621 g/mol. The molecule has 250 valence electrons. The fourth-order valence-corrected chi connectivity index (χ4v) is 5.84. The quantitative estimate of drug-likeness (QED) is 0.338. The van der Waals surface area contributed by atoms with Gasteiger partial charge in [-0.1, -0.05) is 18.2 Å². The second-order valence-electron chi connectivity index (χ2n) is 11.8. The summed E-state index contributed by atoms with van der Waals surface area (Å²) in [6, 6.07) is 16.4. The lowest BCUT2D eigenvalue weighted by Crippen LogP contribution is -2.58. The molecule has 14 heteroatoms. The molecule has 13 nitrogen and oxygen atoms in total. The van der Waals surface area contributed by atoms with Crippen molar-refractivity contribution in [2.24, 2.45) is 0 Å². The van der Waals surface area contributed by atoms with Gasteiger partial charge in [-0.25, -0.2) is 4.39 Å². The first-order valence-electron chi connectivity index (χ1n) is 15.7. The Morgan fingerprint density at radius 3 is 2.65 bits per heavy atom. The summed E-state index contributed by atoms with van der Waals surface area (Å²) in [5.74, 6) is 0.466. The highest BCUT2D eigenvalue weighted by molar-refractivity contribution is 5.80. The van der Waals surface area contributed by atoms with E-state index in [2.05, 4.69) is 26.2 Å². The van der Waals surface area contributed by atoms with Gasteiger partial charge in [0.05, 0.1) is 25.3 Å². The van der Waals surface area contributed by atoms with E-state index in [4.69, 9.17) is 14.2 Å². The number of hydrogen-bond donors (Lipinski definition) is 2. The number of methoxy groups -OCH3 is 1. The highest BCUT2D eigenvalue weighted by Crippen LogP contribution is 2.29. The van der Waals surface area contributed by atoms with Crippen LogP contribution in [0.15, 0.2) is 60.7 Å². The number of tetrazole rings is 1. The Morgan fingerprint density at radius 2 is 1.88 bits per heavy atom. The highest BCUT2D eigenvalue weighted by atomic mass is 19.1. The molecule has 0 spiro atoms. The third kappa shape index (κ3) is 7.88. The predicted octanol–water partition coefficient (Wildman–Crippen LogP) is 2.47. The normalized spacial score (nSPS) is 18.6. The number of aryl methyl sites for hydroxylation is 2. The van der Waals surface area contributed by atoms with Gasteiger partial charge in [0.1, 0.15) is 17.7 Å². The summed E-state index contributed by atoms with van der Waals surface area (Å²) in [7, 11) is 1.50. The average Bonchev–Trinajstić information content (AvgIpc) is 3.51. The molecule has 4 bridgehead atoms. The second kappa shape index (κ2) is 14.5. The Hall–Kier alpha value is -5.53. The number of rotatable bonds is 4. The van der Waals surface area contributed by atoms with Gasteiger partial charge in [0.15, 0.2) is 23.9 Å². The Balaban J connectivity index is 1.20. The van der Waals surface area contributed by atoms with Gasteiger partial charge >= 0.3 is 0 Å². The number of nitrogens with one attached hydrogen (secondary N) is 2. The Kier molecular flexibility index (Phi) is 9.78. The van der Waals surface area contributed by atoms with Crippen molar-refractivity contribution in [1.29, 1.82) is 0 Å². The molecule has 3 heterocycles. The van der Waals surface area contributed by atoms with Crippen molar-refractivity contribution in [2.75, 3.05) is 26.8 Å². The van der Waals surface area contributed by atoms with Crippen LogP contribution < -0.4 is 24.8 Å². The molecule has 2 aliphatic rings. The maximum absolute atomic E-state index is 14.7. The monoisotopic (exact) mass is 657 g/mol. The van der Waals surface area contributed by atoms with Crippen LogP contribution >= 0.6 is 0 Å². The van der Waals surface area contributed by atoms with E-state index in [1.54, 1.807) is 34.7 Å². The van der Waals surface area contributed by atoms with Gasteiger partial charge < -0.3 is 29.7 Å². The second-order valence-corrected chi connectivity index (χ2v) is 11.8. The lowest BCUT2D eigenvalue weighted by molar-refractivity contribution is -0.135. The molecule has 1 fully saturated rings. The summed E-state index contributed by atoms with van der Waals surface area (Å²) >= 11 is 0. The smallest absolute Gasteiger partial charge is 0.258 e. The molecule has 1 saturated heterocycles. The zero-order chi connectivity index (χ0) is 33.6. The minimum atomic E-state index is -0.623. The number of carbonyl (C=O) groups is 3. The van der Waals surface area contributed by atoms with Crippen molar-refractivity contribution in [3.05, 3.63) is 89.0 Å². The van der Waals surface area contributed by atoms with E-state index >= 15 is 0 Å². The molecule has 0 saturated carbocycles. The third-order valence-corrected chi connectivity index (χ3v) is 8.35. The topological polar surface area (TPSA) is 150 Å². The van der Waals surface area contributed by atoms with Crippen molar-refractivity contribution in [2.45, 2.75) is 51.3 Å². The third-order valence-electron chi connectivity index (χ3n) is 8.35. The maximum atomic E-state index is 14.7. The van der Waals surface area contributed by atoms with Crippen molar-refractivity contribution in [3.8, 4) is 22.9 Å². The van der Waals surface area contributed by atoms with E-state index < -0.39 is 23.9 Å².